The zero-order valence-corrected chi connectivity index (χ0v) is 10.9. The largest absolute Gasteiger partial charge is 0.349 e. The third-order valence-electron chi connectivity index (χ3n) is 2.99. The standard InChI is InChI=1S/C13H15N5O/c1-16(2)13(15)17-7-10-5-3-4-6-11(10)18(9-14)12(19)8-17/h3-6,15H,7-8H2,1-2H3. The van der Waals surface area contributed by atoms with E-state index in [9.17, 15) is 4.79 Å². The lowest BCUT2D eigenvalue weighted by Crippen LogP contribution is -2.43. The Morgan fingerprint density at radius 3 is 2.68 bits per heavy atom. The molecular weight excluding hydrogens is 242 g/mol. The van der Waals surface area contributed by atoms with Crippen LogP contribution in [-0.2, 0) is 11.3 Å². The van der Waals surface area contributed by atoms with Crippen LogP contribution >= 0.6 is 0 Å². The summed E-state index contributed by atoms with van der Waals surface area (Å²) in [6.45, 7) is 0.469. The van der Waals surface area contributed by atoms with E-state index in [1.54, 1.807) is 36.0 Å². The summed E-state index contributed by atoms with van der Waals surface area (Å²) in [5, 5.41) is 17.1. The molecule has 0 saturated carbocycles. The molecule has 98 valence electrons. The second kappa shape index (κ2) is 4.98. The third-order valence-corrected chi connectivity index (χ3v) is 2.99. The van der Waals surface area contributed by atoms with E-state index < -0.39 is 0 Å². The Kier molecular flexibility index (Phi) is 3.38. The van der Waals surface area contributed by atoms with Crippen molar-refractivity contribution in [3.05, 3.63) is 29.8 Å². The summed E-state index contributed by atoms with van der Waals surface area (Å²) in [6, 6.07) is 7.28. The Hall–Kier alpha value is -2.55. The van der Waals surface area contributed by atoms with E-state index in [1.165, 1.54) is 0 Å². The minimum absolute atomic E-state index is 0.0270. The minimum Gasteiger partial charge on any atom is -0.349 e. The molecule has 2 rings (SSSR count). The number of amides is 1. The summed E-state index contributed by atoms with van der Waals surface area (Å²) >= 11 is 0. The van der Waals surface area contributed by atoms with Gasteiger partial charge in [-0.1, -0.05) is 18.2 Å². The van der Waals surface area contributed by atoms with Crippen molar-refractivity contribution < 1.29 is 4.79 Å². The van der Waals surface area contributed by atoms with E-state index in [2.05, 4.69) is 0 Å². The SMILES string of the molecule is CN(C)C(=N)N1CC(=O)N(C#N)c2ccccc2C1. The fourth-order valence-electron chi connectivity index (χ4n) is 2.03. The van der Waals surface area contributed by atoms with E-state index in [0.29, 0.717) is 12.2 Å². The molecule has 0 bridgehead atoms. The number of hydrogen-bond donors (Lipinski definition) is 1. The molecule has 0 radical (unpaired) electrons. The number of nitrogens with one attached hydrogen (secondary N) is 1. The summed E-state index contributed by atoms with van der Waals surface area (Å²) in [6.07, 6.45) is 1.91. The Balaban J connectivity index is 2.43. The van der Waals surface area contributed by atoms with Crippen LogP contribution in [0.1, 0.15) is 5.56 Å². The van der Waals surface area contributed by atoms with Crippen molar-refractivity contribution in [2.24, 2.45) is 0 Å². The third kappa shape index (κ3) is 2.36. The number of hydrogen-bond acceptors (Lipinski definition) is 3. The van der Waals surface area contributed by atoms with Crippen LogP contribution < -0.4 is 4.90 Å². The van der Waals surface area contributed by atoms with Gasteiger partial charge in [-0.15, -0.1) is 0 Å². The first-order valence-electron chi connectivity index (χ1n) is 5.86. The van der Waals surface area contributed by atoms with Crippen molar-refractivity contribution in [1.82, 2.24) is 9.80 Å². The van der Waals surface area contributed by atoms with Gasteiger partial charge < -0.3 is 9.80 Å². The van der Waals surface area contributed by atoms with Gasteiger partial charge in [0.2, 0.25) is 0 Å². The maximum atomic E-state index is 12.1. The number of para-hydroxylation sites is 1. The number of anilines is 1. The van der Waals surface area contributed by atoms with Gasteiger partial charge in [0.25, 0.3) is 5.91 Å². The molecule has 1 aromatic carbocycles. The zero-order valence-electron chi connectivity index (χ0n) is 10.9. The van der Waals surface area contributed by atoms with Gasteiger partial charge >= 0.3 is 0 Å². The molecule has 1 aromatic rings. The summed E-state index contributed by atoms with van der Waals surface area (Å²) in [5.41, 5.74) is 1.46. The Morgan fingerprint density at radius 2 is 2.05 bits per heavy atom. The second-order valence-electron chi connectivity index (χ2n) is 4.53. The Labute approximate surface area is 111 Å². The smallest absolute Gasteiger partial charge is 0.259 e. The number of nitriles is 1. The first kappa shape index (κ1) is 12.9. The molecule has 19 heavy (non-hydrogen) atoms. The van der Waals surface area contributed by atoms with Gasteiger partial charge in [0.05, 0.1) is 5.69 Å². The predicted octanol–water partition coefficient (Wildman–Crippen LogP) is 0.813. The van der Waals surface area contributed by atoms with Crippen LogP contribution in [0.4, 0.5) is 5.69 Å². The highest BCUT2D eigenvalue weighted by Crippen LogP contribution is 2.25. The average molecular weight is 257 g/mol. The van der Waals surface area contributed by atoms with Crippen LogP contribution in [0.5, 0.6) is 0 Å². The number of guanidine groups is 1. The fourth-order valence-corrected chi connectivity index (χ4v) is 2.03. The molecule has 0 fully saturated rings. The predicted molar refractivity (Wildman–Crippen MR) is 71.4 cm³/mol. The number of fused-ring (bicyclic) bond motifs is 1. The summed E-state index contributed by atoms with van der Waals surface area (Å²) < 4.78 is 0. The van der Waals surface area contributed by atoms with Crippen molar-refractivity contribution in [2.75, 3.05) is 25.5 Å². The molecule has 0 spiro atoms. The number of nitrogens with zero attached hydrogens (tertiary/aromatic N) is 4. The molecule has 0 aromatic heterocycles. The Bertz CT molecular complexity index is 560. The fraction of sp³-hybridized carbons (Fsp3) is 0.308. The number of rotatable bonds is 0. The van der Waals surface area contributed by atoms with E-state index in [1.807, 2.05) is 18.3 Å². The number of benzene rings is 1. The van der Waals surface area contributed by atoms with Crippen molar-refractivity contribution in [2.45, 2.75) is 6.54 Å². The number of carbonyl (C=O) groups excluding carboxylic acids is 1. The molecule has 1 N–H and O–H groups in total. The van der Waals surface area contributed by atoms with Crippen molar-refractivity contribution in [1.29, 1.82) is 10.7 Å². The molecule has 1 heterocycles. The lowest BCUT2D eigenvalue weighted by atomic mass is 10.1. The van der Waals surface area contributed by atoms with Gasteiger partial charge in [-0.05, 0) is 11.6 Å². The molecule has 1 amide bonds. The first-order valence-corrected chi connectivity index (χ1v) is 5.86. The van der Waals surface area contributed by atoms with E-state index >= 15 is 0 Å². The van der Waals surface area contributed by atoms with E-state index in [4.69, 9.17) is 10.7 Å². The zero-order chi connectivity index (χ0) is 14.0. The highest BCUT2D eigenvalue weighted by Gasteiger charge is 2.27. The van der Waals surface area contributed by atoms with Crippen LogP contribution in [0.3, 0.4) is 0 Å². The lowest BCUT2D eigenvalue weighted by Gasteiger charge is -2.26. The molecule has 0 unspecified atom stereocenters. The van der Waals surface area contributed by atoms with Gasteiger partial charge in [0, 0.05) is 20.6 Å². The lowest BCUT2D eigenvalue weighted by molar-refractivity contribution is -0.118. The van der Waals surface area contributed by atoms with E-state index in [-0.39, 0.29) is 18.4 Å². The van der Waals surface area contributed by atoms with Gasteiger partial charge in [-0.25, -0.2) is 4.90 Å². The maximum absolute atomic E-state index is 12.1. The van der Waals surface area contributed by atoms with Gasteiger partial charge in [-0.2, -0.15) is 5.26 Å². The Morgan fingerprint density at radius 1 is 1.37 bits per heavy atom. The summed E-state index contributed by atoms with van der Waals surface area (Å²) in [7, 11) is 3.51. The molecule has 0 saturated heterocycles. The molecule has 6 heteroatoms. The average Bonchev–Trinajstić information content (AvgIpc) is 2.53. The van der Waals surface area contributed by atoms with Crippen molar-refractivity contribution >= 4 is 17.6 Å². The van der Waals surface area contributed by atoms with Crippen molar-refractivity contribution in [3.63, 3.8) is 0 Å². The maximum Gasteiger partial charge on any atom is 0.259 e. The molecule has 0 atom stereocenters. The molecular formula is C13H15N5O. The van der Waals surface area contributed by atoms with Crippen LogP contribution in [0.15, 0.2) is 24.3 Å². The van der Waals surface area contributed by atoms with Crippen molar-refractivity contribution in [3.8, 4) is 6.19 Å². The number of carbonyl (C=O) groups is 1. The van der Waals surface area contributed by atoms with Crippen LogP contribution in [0.25, 0.3) is 0 Å². The summed E-state index contributed by atoms with van der Waals surface area (Å²) in [4.78, 5) is 16.5. The molecule has 1 aliphatic heterocycles. The van der Waals surface area contributed by atoms with E-state index in [0.717, 1.165) is 10.5 Å². The van der Waals surface area contributed by atoms with Crippen LogP contribution in [-0.4, -0.2) is 42.3 Å². The highest BCUT2D eigenvalue weighted by molar-refractivity contribution is 6.00. The molecule has 1 aliphatic rings. The van der Waals surface area contributed by atoms with Gasteiger partial charge in [0.15, 0.2) is 12.2 Å². The highest BCUT2D eigenvalue weighted by atomic mass is 16.2. The minimum atomic E-state index is -0.320. The first-order chi connectivity index (χ1) is 9.04. The van der Waals surface area contributed by atoms with Crippen LogP contribution in [0.2, 0.25) is 0 Å². The van der Waals surface area contributed by atoms with Crippen LogP contribution in [0, 0.1) is 16.9 Å². The normalized spacial score (nSPS) is 14.5. The molecule has 0 aliphatic carbocycles. The monoisotopic (exact) mass is 257 g/mol. The second-order valence-corrected chi connectivity index (χ2v) is 4.53. The van der Waals surface area contributed by atoms with Gasteiger partial charge in [0.1, 0.15) is 6.54 Å². The molecule has 6 nitrogen and oxygen atoms in total. The quantitative estimate of drug-likeness (QED) is 0.424. The summed E-state index contributed by atoms with van der Waals surface area (Å²) in [5.74, 6) is -0.0676. The topological polar surface area (TPSA) is 74.4 Å². The van der Waals surface area contributed by atoms with Gasteiger partial charge in [-0.3, -0.25) is 10.2 Å².